The fourth-order valence-electron chi connectivity index (χ4n) is 3.43. The van der Waals surface area contributed by atoms with E-state index in [9.17, 15) is 23.2 Å². The Bertz CT molecular complexity index is 1080. The van der Waals surface area contributed by atoms with Crippen LogP contribution in [0.15, 0.2) is 59.6 Å². The molecule has 9 heteroatoms. The summed E-state index contributed by atoms with van der Waals surface area (Å²) in [6.07, 6.45) is -0.191. The van der Waals surface area contributed by atoms with E-state index < -0.39 is 45.6 Å². The van der Waals surface area contributed by atoms with Crippen LogP contribution in [0.25, 0.3) is 0 Å². The average molecular weight is 484 g/mol. The lowest BCUT2D eigenvalue weighted by Crippen LogP contribution is -2.14. The summed E-state index contributed by atoms with van der Waals surface area (Å²) in [5.74, 6) is -1.75. The van der Waals surface area contributed by atoms with Crippen LogP contribution in [-0.4, -0.2) is 11.4 Å². The van der Waals surface area contributed by atoms with Gasteiger partial charge in [-0.1, -0.05) is 43.7 Å². The van der Waals surface area contributed by atoms with Crippen molar-refractivity contribution in [2.75, 3.05) is 0 Å². The van der Waals surface area contributed by atoms with Crippen LogP contribution in [0, 0.1) is 34.4 Å². The maximum Gasteiger partial charge on any atom is 0.358 e. The van der Waals surface area contributed by atoms with Crippen molar-refractivity contribution in [2.24, 2.45) is 17.3 Å². The molecule has 0 aromatic heterocycles. The van der Waals surface area contributed by atoms with Crippen LogP contribution in [0.5, 0.6) is 11.5 Å². The van der Waals surface area contributed by atoms with Gasteiger partial charge in [0, 0.05) is 5.56 Å². The van der Waals surface area contributed by atoms with Gasteiger partial charge in [-0.25, -0.2) is 4.39 Å². The van der Waals surface area contributed by atoms with Gasteiger partial charge in [-0.15, -0.1) is 0 Å². The molecule has 32 heavy (non-hydrogen) atoms. The molecule has 1 saturated carbocycles. The highest BCUT2D eigenvalue weighted by atomic mass is 35.5. The fourth-order valence-corrected chi connectivity index (χ4v) is 3.63. The SMILES string of the molecule is CC1(C)C(C=C(Cl)C(F)(F)Cl)C1C(=O)OC(C#N)c1cccc(Oc2ccc(F)cc2)c1. The maximum atomic E-state index is 13.2. The Balaban J connectivity index is 1.72. The number of esters is 1. The second kappa shape index (κ2) is 9.05. The predicted octanol–water partition coefficient (Wildman–Crippen LogP) is 6.95. The fraction of sp³-hybridized carbons (Fsp3) is 0.304. The van der Waals surface area contributed by atoms with Gasteiger partial charge in [0.15, 0.2) is 0 Å². The number of rotatable bonds is 7. The molecule has 1 fully saturated rings. The summed E-state index contributed by atoms with van der Waals surface area (Å²) < 4.78 is 50.4. The van der Waals surface area contributed by atoms with Crippen LogP contribution in [0.1, 0.15) is 25.5 Å². The number of nitrogens with zero attached hydrogens (tertiary/aromatic N) is 1. The summed E-state index contributed by atoms with van der Waals surface area (Å²) in [5, 5.41) is 4.94. The molecular weight excluding hydrogens is 466 g/mol. The Labute approximate surface area is 193 Å². The third-order valence-electron chi connectivity index (χ3n) is 5.32. The van der Waals surface area contributed by atoms with E-state index in [4.69, 9.17) is 32.7 Å². The zero-order valence-corrected chi connectivity index (χ0v) is 18.5. The molecule has 0 saturated heterocycles. The van der Waals surface area contributed by atoms with Gasteiger partial charge in [-0.05, 0) is 59.3 Å². The number of hydrogen-bond acceptors (Lipinski definition) is 4. The smallest absolute Gasteiger partial charge is 0.358 e. The second-order valence-corrected chi connectivity index (χ2v) is 8.79. The Kier molecular flexibility index (Phi) is 6.77. The van der Waals surface area contributed by atoms with Crippen LogP contribution in [0.2, 0.25) is 0 Å². The summed E-state index contributed by atoms with van der Waals surface area (Å²) in [6, 6.07) is 13.6. The van der Waals surface area contributed by atoms with Gasteiger partial charge in [-0.2, -0.15) is 14.0 Å². The van der Waals surface area contributed by atoms with Gasteiger partial charge < -0.3 is 9.47 Å². The first-order chi connectivity index (χ1) is 14.9. The molecule has 0 heterocycles. The summed E-state index contributed by atoms with van der Waals surface area (Å²) in [4.78, 5) is 12.7. The van der Waals surface area contributed by atoms with E-state index in [1.807, 2.05) is 6.07 Å². The van der Waals surface area contributed by atoms with Crippen molar-refractivity contribution in [3.8, 4) is 17.6 Å². The zero-order chi connectivity index (χ0) is 23.7. The second-order valence-electron chi connectivity index (χ2n) is 7.91. The Morgan fingerprint density at radius 1 is 1.22 bits per heavy atom. The van der Waals surface area contributed by atoms with Gasteiger partial charge in [0.2, 0.25) is 6.10 Å². The number of halogens is 5. The van der Waals surface area contributed by atoms with E-state index in [-0.39, 0.29) is 0 Å². The third-order valence-corrected chi connectivity index (χ3v) is 5.99. The molecular formula is C23H18Cl2F3NO3. The van der Waals surface area contributed by atoms with Crippen molar-refractivity contribution < 1.29 is 27.4 Å². The van der Waals surface area contributed by atoms with Gasteiger partial charge in [0.1, 0.15) is 23.4 Å². The van der Waals surface area contributed by atoms with Gasteiger partial charge in [0.05, 0.1) is 11.0 Å². The Morgan fingerprint density at radius 3 is 2.47 bits per heavy atom. The van der Waals surface area contributed by atoms with Crippen molar-refractivity contribution in [3.63, 3.8) is 0 Å². The number of alkyl halides is 3. The summed E-state index contributed by atoms with van der Waals surface area (Å²) >= 11 is 10.5. The lowest BCUT2D eigenvalue weighted by molar-refractivity contribution is -0.149. The molecule has 4 nitrogen and oxygen atoms in total. The van der Waals surface area contributed by atoms with Crippen molar-refractivity contribution >= 4 is 29.2 Å². The highest BCUT2D eigenvalue weighted by Crippen LogP contribution is 2.60. The minimum Gasteiger partial charge on any atom is -0.457 e. The van der Waals surface area contributed by atoms with E-state index >= 15 is 0 Å². The lowest BCUT2D eigenvalue weighted by Gasteiger charge is -2.13. The average Bonchev–Trinajstić information content (AvgIpc) is 3.27. The largest absolute Gasteiger partial charge is 0.457 e. The summed E-state index contributed by atoms with van der Waals surface area (Å²) in [6.45, 7) is 3.41. The normalized spacial score (nSPS) is 20.8. The van der Waals surface area contributed by atoms with Crippen molar-refractivity contribution in [2.45, 2.75) is 25.3 Å². The van der Waals surface area contributed by atoms with Crippen LogP contribution >= 0.6 is 23.2 Å². The molecule has 2 aromatic rings. The number of carbonyl (C=O) groups excluding carboxylic acids is 1. The van der Waals surface area contributed by atoms with Crippen LogP contribution < -0.4 is 4.74 Å². The first kappa shape index (κ1) is 24.0. The molecule has 0 radical (unpaired) electrons. The molecule has 0 spiro atoms. The van der Waals surface area contributed by atoms with E-state index in [0.29, 0.717) is 17.1 Å². The standard InChI is InChI=1S/C23H18Cl2F3NO3/c1-22(2)17(11-19(24)23(25,27)28)20(22)21(30)32-18(12-29)13-4-3-5-16(10-13)31-15-8-6-14(26)7-9-15/h3-11,17-18,20H,1-2H3. The highest BCUT2D eigenvalue weighted by molar-refractivity contribution is 6.38. The van der Waals surface area contributed by atoms with Crippen molar-refractivity contribution in [1.29, 1.82) is 5.26 Å². The first-order valence-corrected chi connectivity index (χ1v) is 10.3. The molecule has 1 aliphatic rings. The minimum absolute atomic E-state index is 0.356. The van der Waals surface area contributed by atoms with E-state index in [1.165, 1.54) is 30.3 Å². The Hall–Kier alpha value is -2.69. The van der Waals surface area contributed by atoms with Crippen LogP contribution in [-0.2, 0) is 9.53 Å². The van der Waals surface area contributed by atoms with Gasteiger partial charge in [-0.3, -0.25) is 4.79 Å². The molecule has 168 valence electrons. The first-order valence-electron chi connectivity index (χ1n) is 9.51. The molecule has 0 N–H and O–H groups in total. The molecule has 3 atom stereocenters. The maximum absolute atomic E-state index is 13.2. The molecule has 0 amide bonds. The van der Waals surface area contributed by atoms with E-state index in [2.05, 4.69) is 0 Å². The minimum atomic E-state index is -3.73. The number of hydrogen-bond donors (Lipinski definition) is 0. The van der Waals surface area contributed by atoms with Crippen LogP contribution in [0.4, 0.5) is 13.2 Å². The van der Waals surface area contributed by atoms with Crippen molar-refractivity contribution in [3.05, 3.63) is 71.0 Å². The van der Waals surface area contributed by atoms with E-state index in [0.717, 1.165) is 6.08 Å². The Morgan fingerprint density at radius 2 is 1.88 bits per heavy atom. The molecule has 2 aromatic carbocycles. The highest BCUT2D eigenvalue weighted by Gasteiger charge is 2.62. The quantitative estimate of drug-likeness (QED) is 0.315. The molecule has 0 bridgehead atoms. The number of carbonyl (C=O) groups is 1. The van der Waals surface area contributed by atoms with Gasteiger partial charge >= 0.3 is 11.4 Å². The molecule has 3 rings (SSSR count). The molecule has 1 aliphatic carbocycles. The lowest BCUT2D eigenvalue weighted by atomic mass is 10.1. The van der Waals surface area contributed by atoms with Gasteiger partial charge in [0.25, 0.3) is 0 Å². The van der Waals surface area contributed by atoms with Crippen molar-refractivity contribution in [1.82, 2.24) is 0 Å². The zero-order valence-electron chi connectivity index (χ0n) is 17.0. The van der Waals surface area contributed by atoms with Crippen LogP contribution in [0.3, 0.4) is 0 Å². The number of nitriles is 1. The number of ether oxygens (including phenoxy) is 2. The third kappa shape index (κ3) is 5.37. The number of allylic oxidation sites excluding steroid dienone is 2. The predicted molar refractivity (Wildman–Crippen MR) is 113 cm³/mol. The molecule has 3 unspecified atom stereocenters. The summed E-state index contributed by atoms with van der Waals surface area (Å²) in [5.41, 5.74) is -0.330. The number of benzene rings is 2. The topological polar surface area (TPSA) is 59.3 Å². The molecule has 0 aliphatic heterocycles. The van der Waals surface area contributed by atoms with E-state index in [1.54, 1.807) is 32.0 Å². The monoisotopic (exact) mass is 483 g/mol. The summed E-state index contributed by atoms with van der Waals surface area (Å²) in [7, 11) is 0.